The van der Waals surface area contributed by atoms with Gasteiger partial charge in [-0.1, -0.05) is 4.49 Å². The van der Waals surface area contributed by atoms with Crippen LogP contribution in [0.5, 0.6) is 0 Å². The lowest BCUT2D eigenvalue weighted by Gasteiger charge is -2.11. The first-order valence-electron chi connectivity index (χ1n) is 4.53. The van der Waals surface area contributed by atoms with Crippen LogP contribution in [-0.4, -0.2) is 21.6 Å². The Morgan fingerprint density at radius 2 is 2.50 bits per heavy atom. The number of nitrogens with zero attached hydrogens (tertiary/aromatic N) is 2. The Balaban J connectivity index is 1.78. The third-order valence-electron chi connectivity index (χ3n) is 2.38. The summed E-state index contributed by atoms with van der Waals surface area (Å²) in [5.41, 5.74) is 0. The molecule has 0 aliphatic heterocycles. The standard InChI is InChI=1S/C8H11F2N3S/c9-8(10)2-1-6(3-8)11-4-7-5-12-13-14-7/h5-6,11H,1-4H2. The van der Waals surface area contributed by atoms with Gasteiger partial charge in [-0.05, 0) is 18.0 Å². The predicted octanol–water partition coefficient (Wildman–Crippen LogP) is 1.82. The van der Waals surface area contributed by atoms with Gasteiger partial charge < -0.3 is 5.32 Å². The molecule has 1 aromatic rings. The fourth-order valence-corrected chi connectivity index (χ4v) is 2.08. The fraction of sp³-hybridized carbons (Fsp3) is 0.750. The van der Waals surface area contributed by atoms with Crippen LogP contribution in [0, 0.1) is 0 Å². The van der Waals surface area contributed by atoms with Crippen molar-refractivity contribution in [2.45, 2.75) is 37.8 Å². The highest BCUT2D eigenvalue weighted by Crippen LogP contribution is 2.34. The third kappa shape index (κ3) is 2.45. The van der Waals surface area contributed by atoms with Crippen LogP contribution in [0.15, 0.2) is 6.20 Å². The molecule has 78 valence electrons. The molecule has 1 N–H and O–H groups in total. The first kappa shape index (κ1) is 9.92. The van der Waals surface area contributed by atoms with Crippen LogP contribution in [0.3, 0.4) is 0 Å². The van der Waals surface area contributed by atoms with Gasteiger partial charge in [-0.3, -0.25) is 0 Å². The van der Waals surface area contributed by atoms with E-state index in [1.165, 1.54) is 11.5 Å². The number of hydrogen-bond acceptors (Lipinski definition) is 4. The molecule has 0 aromatic carbocycles. The molecule has 0 saturated heterocycles. The second kappa shape index (κ2) is 3.86. The van der Waals surface area contributed by atoms with Crippen LogP contribution in [0.2, 0.25) is 0 Å². The lowest BCUT2D eigenvalue weighted by atomic mass is 10.2. The Bertz CT molecular complexity index is 289. The topological polar surface area (TPSA) is 37.8 Å². The maximum absolute atomic E-state index is 12.8. The van der Waals surface area contributed by atoms with E-state index in [2.05, 4.69) is 14.9 Å². The number of rotatable bonds is 3. The van der Waals surface area contributed by atoms with E-state index in [4.69, 9.17) is 0 Å². The first-order chi connectivity index (χ1) is 6.66. The highest BCUT2D eigenvalue weighted by Gasteiger charge is 2.38. The van der Waals surface area contributed by atoms with E-state index in [9.17, 15) is 8.78 Å². The normalized spacial score (nSPS) is 25.4. The SMILES string of the molecule is FC1(F)CCC(NCc2cnns2)C1. The molecule has 1 aliphatic rings. The first-order valence-corrected chi connectivity index (χ1v) is 5.30. The van der Waals surface area contributed by atoms with Gasteiger partial charge in [0.25, 0.3) is 0 Å². The Labute approximate surface area is 84.7 Å². The van der Waals surface area contributed by atoms with Crippen molar-refractivity contribution in [3.8, 4) is 0 Å². The summed E-state index contributed by atoms with van der Waals surface area (Å²) in [5.74, 6) is -2.47. The molecular weight excluding hydrogens is 208 g/mol. The zero-order valence-corrected chi connectivity index (χ0v) is 8.36. The van der Waals surface area contributed by atoms with Gasteiger partial charge in [0, 0.05) is 25.4 Å². The van der Waals surface area contributed by atoms with Crippen molar-refractivity contribution in [3.05, 3.63) is 11.1 Å². The molecule has 6 heteroatoms. The average Bonchev–Trinajstić information content (AvgIpc) is 2.70. The third-order valence-corrected chi connectivity index (χ3v) is 3.04. The zero-order valence-electron chi connectivity index (χ0n) is 7.54. The van der Waals surface area contributed by atoms with Crippen LogP contribution < -0.4 is 5.32 Å². The van der Waals surface area contributed by atoms with E-state index < -0.39 is 5.92 Å². The van der Waals surface area contributed by atoms with Gasteiger partial charge in [0.15, 0.2) is 0 Å². The van der Waals surface area contributed by atoms with E-state index >= 15 is 0 Å². The van der Waals surface area contributed by atoms with Crippen LogP contribution in [0.4, 0.5) is 8.78 Å². The Morgan fingerprint density at radius 3 is 3.07 bits per heavy atom. The molecule has 3 nitrogen and oxygen atoms in total. The number of alkyl halides is 2. The molecule has 0 bridgehead atoms. The minimum Gasteiger partial charge on any atom is -0.309 e. The van der Waals surface area contributed by atoms with Gasteiger partial charge in [-0.15, -0.1) is 5.10 Å². The van der Waals surface area contributed by atoms with Gasteiger partial charge in [0.05, 0.1) is 11.1 Å². The molecule has 1 aromatic heterocycles. The summed E-state index contributed by atoms with van der Waals surface area (Å²) in [4.78, 5) is 0.986. The van der Waals surface area contributed by atoms with Crippen molar-refractivity contribution in [2.75, 3.05) is 0 Å². The van der Waals surface area contributed by atoms with Gasteiger partial charge in [0.2, 0.25) is 5.92 Å². The molecule has 14 heavy (non-hydrogen) atoms. The molecule has 0 amide bonds. The summed E-state index contributed by atoms with van der Waals surface area (Å²) in [5, 5.41) is 6.77. The molecular formula is C8H11F2N3S. The highest BCUT2D eigenvalue weighted by atomic mass is 32.1. The molecule has 0 radical (unpaired) electrons. The molecule has 2 rings (SSSR count). The van der Waals surface area contributed by atoms with Gasteiger partial charge >= 0.3 is 0 Å². The van der Waals surface area contributed by atoms with Crippen LogP contribution in [-0.2, 0) is 6.54 Å². The summed E-state index contributed by atoms with van der Waals surface area (Å²) in [7, 11) is 0. The summed E-state index contributed by atoms with van der Waals surface area (Å²) < 4.78 is 29.3. The van der Waals surface area contributed by atoms with E-state index in [1.807, 2.05) is 0 Å². The summed E-state index contributed by atoms with van der Waals surface area (Å²) in [6, 6.07) is -0.0629. The van der Waals surface area contributed by atoms with Crippen LogP contribution in [0.1, 0.15) is 24.1 Å². The Kier molecular flexibility index (Phi) is 2.73. The fourth-order valence-electron chi connectivity index (χ4n) is 1.63. The maximum Gasteiger partial charge on any atom is 0.249 e. The van der Waals surface area contributed by atoms with E-state index in [-0.39, 0.29) is 18.9 Å². The second-order valence-electron chi connectivity index (χ2n) is 3.56. The lowest BCUT2D eigenvalue weighted by Crippen LogP contribution is -2.27. The van der Waals surface area contributed by atoms with Gasteiger partial charge in [0.1, 0.15) is 0 Å². The molecule has 1 atom stereocenters. The molecule has 1 fully saturated rings. The minimum absolute atomic E-state index is 0.00556. The highest BCUT2D eigenvalue weighted by molar-refractivity contribution is 7.05. The monoisotopic (exact) mass is 219 g/mol. The number of halogens is 2. The Hall–Kier alpha value is -0.620. The predicted molar refractivity (Wildman–Crippen MR) is 49.3 cm³/mol. The number of aromatic nitrogens is 2. The van der Waals surface area contributed by atoms with Crippen molar-refractivity contribution in [1.82, 2.24) is 14.9 Å². The molecule has 0 spiro atoms. The second-order valence-corrected chi connectivity index (χ2v) is 4.43. The van der Waals surface area contributed by atoms with Crippen LogP contribution >= 0.6 is 11.5 Å². The number of hydrogen-bond donors (Lipinski definition) is 1. The van der Waals surface area contributed by atoms with Gasteiger partial charge in [-0.25, -0.2) is 8.78 Å². The van der Waals surface area contributed by atoms with E-state index in [1.54, 1.807) is 6.20 Å². The zero-order chi connectivity index (χ0) is 10.0. The smallest absolute Gasteiger partial charge is 0.249 e. The molecule has 1 heterocycles. The summed E-state index contributed by atoms with van der Waals surface area (Å²) in [6.07, 6.45) is 2.18. The van der Waals surface area contributed by atoms with Crippen molar-refractivity contribution in [3.63, 3.8) is 0 Å². The summed E-state index contributed by atoms with van der Waals surface area (Å²) in [6.45, 7) is 0.596. The molecule has 1 saturated carbocycles. The molecule has 1 aliphatic carbocycles. The van der Waals surface area contributed by atoms with E-state index in [0.29, 0.717) is 13.0 Å². The largest absolute Gasteiger partial charge is 0.309 e. The Morgan fingerprint density at radius 1 is 1.64 bits per heavy atom. The average molecular weight is 219 g/mol. The minimum atomic E-state index is -2.47. The van der Waals surface area contributed by atoms with E-state index in [0.717, 1.165) is 4.88 Å². The lowest BCUT2D eigenvalue weighted by molar-refractivity contribution is 0.00688. The van der Waals surface area contributed by atoms with Crippen molar-refractivity contribution in [1.29, 1.82) is 0 Å². The van der Waals surface area contributed by atoms with Crippen molar-refractivity contribution >= 4 is 11.5 Å². The number of nitrogens with one attached hydrogen (secondary N) is 1. The van der Waals surface area contributed by atoms with Crippen molar-refractivity contribution in [2.24, 2.45) is 0 Å². The summed E-state index contributed by atoms with van der Waals surface area (Å²) >= 11 is 1.30. The van der Waals surface area contributed by atoms with Gasteiger partial charge in [-0.2, -0.15) is 0 Å². The maximum atomic E-state index is 12.8. The molecule has 1 unspecified atom stereocenters. The van der Waals surface area contributed by atoms with Crippen molar-refractivity contribution < 1.29 is 8.78 Å². The van der Waals surface area contributed by atoms with Crippen LogP contribution in [0.25, 0.3) is 0 Å². The quantitative estimate of drug-likeness (QED) is 0.842.